The molecule has 0 spiro atoms. The molecule has 0 bridgehead atoms. The molecule has 0 N–H and O–H groups in total. The smallest absolute Gasteiger partial charge is 0.370 e. The molecule has 0 atom stereocenters. The first-order valence-electron chi connectivity index (χ1n) is 8.70. The summed E-state index contributed by atoms with van der Waals surface area (Å²) < 4.78 is 53.4. The lowest BCUT2D eigenvalue weighted by Gasteiger charge is -2.25. The Kier molecular flexibility index (Phi) is 5.66. The minimum atomic E-state index is -4.57. The highest BCUT2D eigenvalue weighted by molar-refractivity contribution is 5.55. The number of nitrogens with zero attached hydrogens (tertiary/aromatic N) is 3. The van der Waals surface area contributed by atoms with Gasteiger partial charge in [0.1, 0.15) is 5.82 Å². The van der Waals surface area contributed by atoms with Crippen molar-refractivity contribution in [3.05, 3.63) is 65.0 Å². The molecule has 1 fully saturated rings. The topological polar surface area (TPSA) is 30.3 Å². The Morgan fingerprint density at radius 1 is 1.00 bits per heavy atom. The summed E-state index contributed by atoms with van der Waals surface area (Å²) in [7, 11) is 0. The van der Waals surface area contributed by atoms with Crippen molar-refractivity contribution >= 4 is 5.69 Å². The Balaban J connectivity index is 1.73. The van der Waals surface area contributed by atoms with Crippen LogP contribution in [0.1, 0.15) is 23.1 Å². The molecule has 0 amide bonds. The maximum atomic E-state index is 13.8. The van der Waals surface area contributed by atoms with Crippen LogP contribution in [0.2, 0.25) is 0 Å². The maximum absolute atomic E-state index is 13.8. The Morgan fingerprint density at radius 2 is 1.78 bits per heavy atom. The van der Waals surface area contributed by atoms with Crippen LogP contribution in [0.3, 0.4) is 0 Å². The fourth-order valence-corrected chi connectivity index (χ4v) is 3.32. The van der Waals surface area contributed by atoms with Crippen molar-refractivity contribution in [3.63, 3.8) is 0 Å². The summed E-state index contributed by atoms with van der Waals surface area (Å²) in [6.45, 7) is 2.99. The molecule has 27 heavy (non-hydrogen) atoms. The average molecular weight is 377 g/mol. The van der Waals surface area contributed by atoms with Crippen LogP contribution in [-0.4, -0.2) is 31.1 Å². The molecule has 3 nitrogen and oxygen atoms in total. The molecular formula is C20H19F4N3. The first-order valence-corrected chi connectivity index (χ1v) is 8.70. The number of halogens is 4. The van der Waals surface area contributed by atoms with Crippen LogP contribution >= 0.6 is 0 Å². The molecule has 1 aliphatic rings. The molecular weight excluding hydrogens is 358 g/mol. The second kappa shape index (κ2) is 7.97. The Bertz CT molecular complexity index is 842. The van der Waals surface area contributed by atoms with Crippen LogP contribution < -0.4 is 4.90 Å². The highest BCUT2D eigenvalue weighted by atomic mass is 19.4. The van der Waals surface area contributed by atoms with E-state index in [0.717, 1.165) is 19.0 Å². The maximum Gasteiger partial charge on any atom is 0.417 e. The summed E-state index contributed by atoms with van der Waals surface area (Å²) in [4.78, 5) is 3.99. The van der Waals surface area contributed by atoms with Gasteiger partial charge in [0.25, 0.3) is 0 Å². The van der Waals surface area contributed by atoms with Gasteiger partial charge >= 0.3 is 6.18 Å². The molecule has 0 aliphatic carbocycles. The van der Waals surface area contributed by atoms with E-state index in [2.05, 4.69) is 4.90 Å². The molecule has 7 heteroatoms. The first kappa shape index (κ1) is 19.2. The molecule has 2 aromatic carbocycles. The summed E-state index contributed by atoms with van der Waals surface area (Å²) in [5.41, 5.74) is -0.213. The number of anilines is 1. The fourth-order valence-electron chi connectivity index (χ4n) is 3.32. The highest BCUT2D eigenvalue weighted by Gasteiger charge is 2.34. The monoisotopic (exact) mass is 377 g/mol. The van der Waals surface area contributed by atoms with E-state index in [-0.39, 0.29) is 11.4 Å². The van der Waals surface area contributed by atoms with Gasteiger partial charge in [0.15, 0.2) is 0 Å². The lowest BCUT2D eigenvalue weighted by molar-refractivity contribution is -0.137. The summed E-state index contributed by atoms with van der Waals surface area (Å²) in [6.07, 6.45) is -3.81. The number of nitriles is 1. The van der Waals surface area contributed by atoms with E-state index >= 15 is 0 Å². The van der Waals surface area contributed by atoms with E-state index in [4.69, 9.17) is 5.26 Å². The normalized spacial score (nSPS) is 16.0. The van der Waals surface area contributed by atoms with Gasteiger partial charge in [0, 0.05) is 44.0 Å². The van der Waals surface area contributed by atoms with Gasteiger partial charge in [-0.05, 0) is 30.7 Å². The first-order chi connectivity index (χ1) is 12.9. The lowest BCUT2D eigenvalue weighted by Crippen LogP contribution is -2.30. The van der Waals surface area contributed by atoms with Crippen LogP contribution in [0.25, 0.3) is 0 Å². The summed E-state index contributed by atoms with van der Waals surface area (Å²) in [5.74, 6) is -0.250. The number of rotatable bonds is 3. The van der Waals surface area contributed by atoms with Gasteiger partial charge in [0.05, 0.1) is 17.2 Å². The van der Waals surface area contributed by atoms with E-state index in [9.17, 15) is 17.6 Å². The number of alkyl halides is 3. The van der Waals surface area contributed by atoms with Gasteiger partial charge < -0.3 is 4.90 Å². The molecule has 1 saturated heterocycles. The van der Waals surface area contributed by atoms with Crippen molar-refractivity contribution in [1.82, 2.24) is 4.90 Å². The van der Waals surface area contributed by atoms with E-state index in [1.807, 2.05) is 4.90 Å². The largest absolute Gasteiger partial charge is 0.417 e. The Hall–Kier alpha value is -2.59. The minimum Gasteiger partial charge on any atom is -0.370 e. The van der Waals surface area contributed by atoms with Gasteiger partial charge in [-0.2, -0.15) is 18.4 Å². The standard InChI is InChI=1S/C20H19F4N3/c21-19-5-2-1-4-16(19)14-26-8-3-9-27(11-10-26)17-7-6-15(13-25)18(12-17)20(22,23)24/h1-2,4-7,12H,3,8-11,14H2. The van der Waals surface area contributed by atoms with Gasteiger partial charge in [-0.15, -0.1) is 0 Å². The summed E-state index contributed by atoms with van der Waals surface area (Å²) in [6, 6.07) is 12.0. The van der Waals surface area contributed by atoms with Crippen LogP contribution in [0, 0.1) is 17.1 Å². The molecule has 1 aliphatic heterocycles. The second-order valence-corrected chi connectivity index (χ2v) is 6.55. The number of hydrogen-bond donors (Lipinski definition) is 0. The summed E-state index contributed by atoms with van der Waals surface area (Å²) in [5, 5.41) is 8.92. The third-order valence-electron chi connectivity index (χ3n) is 4.73. The SMILES string of the molecule is N#Cc1ccc(N2CCCN(Cc3ccccc3F)CC2)cc1C(F)(F)F. The zero-order valence-electron chi connectivity index (χ0n) is 14.6. The number of hydrogen-bond acceptors (Lipinski definition) is 3. The molecule has 142 valence electrons. The molecule has 0 aromatic heterocycles. The molecule has 2 aromatic rings. The minimum absolute atomic E-state index is 0.250. The molecule has 0 saturated carbocycles. The van der Waals surface area contributed by atoms with Crippen molar-refractivity contribution in [2.75, 3.05) is 31.1 Å². The van der Waals surface area contributed by atoms with Crippen molar-refractivity contribution in [2.24, 2.45) is 0 Å². The molecule has 1 heterocycles. The zero-order chi connectivity index (χ0) is 19.4. The van der Waals surface area contributed by atoms with Crippen LogP contribution in [0.4, 0.5) is 23.2 Å². The second-order valence-electron chi connectivity index (χ2n) is 6.55. The van der Waals surface area contributed by atoms with E-state index in [1.54, 1.807) is 30.3 Å². The average Bonchev–Trinajstić information content (AvgIpc) is 2.88. The van der Waals surface area contributed by atoms with Crippen LogP contribution in [0.15, 0.2) is 42.5 Å². The van der Waals surface area contributed by atoms with Crippen molar-refractivity contribution in [3.8, 4) is 6.07 Å². The van der Waals surface area contributed by atoms with E-state index in [1.165, 1.54) is 12.1 Å². The van der Waals surface area contributed by atoms with Crippen molar-refractivity contribution in [1.29, 1.82) is 5.26 Å². The van der Waals surface area contributed by atoms with Crippen molar-refractivity contribution in [2.45, 2.75) is 19.1 Å². The van der Waals surface area contributed by atoms with E-state index in [0.29, 0.717) is 37.4 Å². The fraction of sp³-hybridized carbons (Fsp3) is 0.350. The van der Waals surface area contributed by atoms with Crippen LogP contribution in [-0.2, 0) is 12.7 Å². The molecule has 0 unspecified atom stereocenters. The predicted octanol–water partition coefficient (Wildman–Crippen LogP) is 4.43. The van der Waals surface area contributed by atoms with Crippen LogP contribution in [0.5, 0.6) is 0 Å². The predicted molar refractivity (Wildman–Crippen MR) is 94.7 cm³/mol. The Labute approximate surface area is 155 Å². The van der Waals surface area contributed by atoms with Gasteiger partial charge in [-0.25, -0.2) is 4.39 Å². The van der Waals surface area contributed by atoms with Gasteiger partial charge in [-0.1, -0.05) is 18.2 Å². The highest BCUT2D eigenvalue weighted by Crippen LogP contribution is 2.34. The molecule has 0 radical (unpaired) electrons. The third-order valence-corrected chi connectivity index (χ3v) is 4.73. The summed E-state index contributed by atoms with van der Waals surface area (Å²) >= 11 is 0. The van der Waals surface area contributed by atoms with Crippen molar-refractivity contribution < 1.29 is 17.6 Å². The third kappa shape index (κ3) is 4.58. The van der Waals surface area contributed by atoms with Gasteiger partial charge in [0.2, 0.25) is 0 Å². The lowest BCUT2D eigenvalue weighted by atomic mass is 10.1. The Morgan fingerprint density at radius 3 is 2.48 bits per heavy atom. The van der Waals surface area contributed by atoms with E-state index < -0.39 is 11.7 Å². The quantitative estimate of drug-likeness (QED) is 0.742. The zero-order valence-corrected chi connectivity index (χ0v) is 14.6. The molecule has 3 rings (SSSR count). The van der Waals surface area contributed by atoms with Gasteiger partial charge in [-0.3, -0.25) is 4.90 Å². The number of benzene rings is 2.